The van der Waals surface area contributed by atoms with Gasteiger partial charge in [0, 0.05) is 23.4 Å². The summed E-state index contributed by atoms with van der Waals surface area (Å²) >= 11 is 1.49. The maximum Gasteiger partial charge on any atom is 0.227 e. The van der Waals surface area contributed by atoms with Gasteiger partial charge in [0.1, 0.15) is 5.75 Å². The van der Waals surface area contributed by atoms with Crippen LogP contribution in [0.3, 0.4) is 0 Å². The Morgan fingerprint density at radius 2 is 2.00 bits per heavy atom. The summed E-state index contributed by atoms with van der Waals surface area (Å²) in [5, 5.41) is 6.42. The Bertz CT molecular complexity index is 614. The van der Waals surface area contributed by atoms with E-state index in [1.807, 2.05) is 38.2 Å². The summed E-state index contributed by atoms with van der Waals surface area (Å²) in [6, 6.07) is 7.74. The number of amides is 1. The Kier molecular flexibility index (Phi) is 7.31. The monoisotopic (exact) mass is 341 g/mol. The van der Waals surface area contributed by atoms with Gasteiger partial charge < -0.3 is 15.4 Å². The van der Waals surface area contributed by atoms with Crippen molar-refractivity contribution in [3.8, 4) is 17.0 Å². The fourth-order valence-electron chi connectivity index (χ4n) is 1.89. The lowest BCUT2D eigenvalue weighted by atomic mass is 10.1. The number of methoxy groups -OCH3 is 1. The fraction of sp³-hybridized carbons (Fsp3) is 0.333. The Morgan fingerprint density at radius 3 is 2.59 bits per heavy atom. The Balaban J connectivity index is 0.00000242. The molecule has 0 aliphatic heterocycles. The molecule has 22 heavy (non-hydrogen) atoms. The summed E-state index contributed by atoms with van der Waals surface area (Å²) in [7, 11) is 3.46. The molecule has 1 aromatic carbocycles. The number of hydrogen-bond acceptors (Lipinski definition) is 5. The van der Waals surface area contributed by atoms with Gasteiger partial charge in [-0.15, -0.1) is 23.7 Å². The third-order valence-corrected chi connectivity index (χ3v) is 3.89. The zero-order valence-electron chi connectivity index (χ0n) is 12.8. The molecule has 0 spiro atoms. The van der Waals surface area contributed by atoms with Crippen molar-refractivity contribution < 1.29 is 9.53 Å². The average Bonchev–Trinajstić information content (AvgIpc) is 2.85. The van der Waals surface area contributed by atoms with Crippen molar-refractivity contribution in [2.24, 2.45) is 0 Å². The van der Waals surface area contributed by atoms with E-state index < -0.39 is 0 Å². The fourth-order valence-corrected chi connectivity index (χ4v) is 2.74. The van der Waals surface area contributed by atoms with E-state index in [1.165, 1.54) is 11.3 Å². The van der Waals surface area contributed by atoms with Crippen LogP contribution in [0.2, 0.25) is 0 Å². The van der Waals surface area contributed by atoms with E-state index in [0.29, 0.717) is 18.1 Å². The number of ether oxygens (including phenoxy) is 1. The second kappa shape index (κ2) is 8.73. The van der Waals surface area contributed by atoms with Gasteiger partial charge in [-0.05, 0) is 38.2 Å². The van der Waals surface area contributed by atoms with E-state index in [2.05, 4.69) is 15.6 Å². The molecule has 0 fully saturated rings. The lowest BCUT2D eigenvalue weighted by Gasteiger charge is -2.02. The number of rotatable bonds is 6. The zero-order chi connectivity index (χ0) is 15.2. The highest BCUT2D eigenvalue weighted by Crippen LogP contribution is 2.31. The molecule has 2 N–H and O–H groups in total. The summed E-state index contributed by atoms with van der Waals surface area (Å²) in [5.41, 5.74) is 1.91. The second-order valence-electron chi connectivity index (χ2n) is 4.55. The van der Waals surface area contributed by atoms with Crippen molar-refractivity contribution in [2.75, 3.05) is 26.0 Å². The van der Waals surface area contributed by atoms with Crippen molar-refractivity contribution >= 4 is 34.8 Å². The SMILES string of the molecule is CNCCC(=O)Nc1nc(-c2ccc(OC)cc2)c(C)s1.Cl. The van der Waals surface area contributed by atoms with E-state index in [-0.39, 0.29) is 18.3 Å². The molecule has 0 radical (unpaired) electrons. The van der Waals surface area contributed by atoms with Crippen LogP contribution in [-0.4, -0.2) is 31.6 Å². The van der Waals surface area contributed by atoms with Crippen molar-refractivity contribution in [3.63, 3.8) is 0 Å². The quantitative estimate of drug-likeness (QED) is 0.847. The van der Waals surface area contributed by atoms with E-state index in [0.717, 1.165) is 21.9 Å². The number of thiazole rings is 1. The maximum atomic E-state index is 11.7. The first-order chi connectivity index (χ1) is 10.1. The van der Waals surface area contributed by atoms with E-state index in [1.54, 1.807) is 7.11 Å². The molecule has 0 saturated carbocycles. The molecule has 0 bridgehead atoms. The van der Waals surface area contributed by atoms with Crippen LogP contribution in [0.5, 0.6) is 5.75 Å². The number of halogens is 1. The standard InChI is InChI=1S/C15H19N3O2S.ClH/c1-10-14(11-4-6-12(20-3)7-5-11)18-15(21-10)17-13(19)8-9-16-2;/h4-7,16H,8-9H2,1-3H3,(H,17,18,19);1H. The van der Waals surface area contributed by atoms with Gasteiger partial charge in [0.2, 0.25) is 5.91 Å². The lowest BCUT2D eigenvalue weighted by Crippen LogP contribution is -2.18. The highest BCUT2D eigenvalue weighted by Gasteiger charge is 2.12. The first kappa shape index (κ1) is 18.4. The average molecular weight is 342 g/mol. The first-order valence-electron chi connectivity index (χ1n) is 6.70. The number of nitrogens with one attached hydrogen (secondary N) is 2. The van der Waals surface area contributed by atoms with Crippen LogP contribution >= 0.6 is 23.7 Å². The molecule has 2 rings (SSSR count). The largest absolute Gasteiger partial charge is 0.497 e. The highest BCUT2D eigenvalue weighted by atomic mass is 35.5. The van der Waals surface area contributed by atoms with Crippen LogP contribution in [0.4, 0.5) is 5.13 Å². The van der Waals surface area contributed by atoms with Gasteiger partial charge in [-0.3, -0.25) is 4.79 Å². The predicted molar refractivity (Wildman–Crippen MR) is 93.3 cm³/mol. The maximum absolute atomic E-state index is 11.7. The molecule has 0 aliphatic carbocycles. The van der Waals surface area contributed by atoms with Gasteiger partial charge in [-0.2, -0.15) is 0 Å². The van der Waals surface area contributed by atoms with Gasteiger partial charge in [0.25, 0.3) is 0 Å². The lowest BCUT2D eigenvalue weighted by molar-refractivity contribution is -0.116. The van der Waals surface area contributed by atoms with Crippen molar-refractivity contribution in [1.82, 2.24) is 10.3 Å². The highest BCUT2D eigenvalue weighted by molar-refractivity contribution is 7.16. The van der Waals surface area contributed by atoms with Crippen LogP contribution in [0.1, 0.15) is 11.3 Å². The molecule has 1 aromatic heterocycles. The number of carbonyl (C=O) groups excluding carboxylic acids is 1. The Morgan fingerprint density at radius 1 is 1.32 bits per heavy atom. The van der Waals surface area contributed by atoms with Crippen molar-refractivity contribution in [3.05, 3.63) is 29.1 Å². The topological polar surface area (TPSA) is 63.2 Å². The number of nitrogens with zero attached hydrogens (tertiary/aromatic N) is 1. The van der Waals surface area contributed by atoms with Crippen molar-refractivity contribution in [1.29, 1.82) is 0 Å². The molecule has 1 amide bonds. The number of aryl methyl sites for hydroxylation is 1. The Hall–Kier alpha value is -1.63. The van der Waals surface area contributed by atoms with Gasteiger partial charge >= 0.3 is 0 Å². The number of anilines is 1. The van der Waals surface area contributed by atoms with Gasteiger partial charge in [0.05, 0.1) is 12.8 Å². The minimum absolute atomic E-state index is 0. The molecular weight excluding hydrogens is 322 g/mol. The number of hydrogen-bond donors (Lipinski definition) is 2. The molecule has 2 aromatic rings. The third kappa shape index (κ3) is 4.69. The normalized spacial score (nSPS) is 9.95. The van der Waals surface area contributed by atoms with Crippen LogP contribution in [0.25, 0.3) is 11.3 Å². The summed E-state index contributed by atoms with van der Waals surface area (Å²) in [6.45, 7) is 2.65. The van der Waals surface area contributed by atoms with Gasteiger partial charge in [-0.1, -0.05) is 0 Å². The minimum Gasteiger partial charge on any atom is -0.497 e. The van der Waals surface area contributed by atoms with E-state index >= 15 is 0 Å². The smallest absolute Gasteiger partial charge is 0.227 e. The van der Waals surface area contributed by atoms with Crippen molar-refractivity contribution in [2.45, 2.75) is 13.3 Å². The summed E-state index contributed by atoms with van der Waals surface area (Å²) < 4.78 is 5.15. The van der Waals surface area contributed by atoms with Crippen LogP contribution < -0.4 is 15.4 Å². The van der Waals surface area contributed by atoms with Crippen LogP contribution in [0.15, 0.2) is 24.3 Å². The molecule has 120 valence electrons. The molecule has 0 atom stereocenters. The molecular formula is C15H20ClN3O2S. The summed E-state index contributed by atoms with van der Waals surface area (Å²) in [6.07, 6.45) is 0.437. The van der Waals surface area contributed by atoms with E-state index in [4.69, 9.17) is 4.74 Å². The molecule has 1 heterocycles. The molecule has 0 unspecified atom stereocenters. The minimum atomic E-state index is -0.0284. The summed E-state index contributed by atoms with van der Waals surface area (Å²) in [4.78, 5) is 17.3. The Labute approximate surface area is 140 Å². The number of aromatic nitrogens is 1. The predicted octanol–water partition coefficient (Wildman–Crippen LogP) is 3.10. The molecule has 0 saturated heterocycles. The number of carbonyl (C=O) groups is 1. The first-order valence-corrected chi connectivity index (χ1v) is 7.52. The van der Waals surface area contributed by atoms with E-state index in [9.17, 15) is 4.79 Å². The zero-order valence-corrected chi connectivity index (χ0v) is 14.4. The molecule has 7 heteroatoms. The molecule has 5 nitrogen and oxygen atoms in total. The second-order valence-corrected chi connectivity index (χ2v) is 5.76. The third-order valence-electron chi connectivity index (χ3n) is 3.01. The van der Waals surface area contributed by atoms with Gasteiger partial charge in [-0.25, -0.2) is 4.98 Å². The van der Waals surface area contributed by atoms with Crippen LogP contribution in [0, 0.1) is 6.92 Å². The van der Waals surface area contributed by atoms with Crippen LogP contribution in [-0.2, 0) is 4.79 Å². The number of benzene rings is 1. The summed E-state index contributed by atoms with van der Waals surface area (Å²) in [5.74, 6) is 0.784. The van der Waals surface area contributed by atoms with Gasteiger partial charge in [0.15, 0.2) is 5.13 Å². The molecule has 0 aliphatic rings.